The molecule has 0 spiro atoms. The van der Waals surface area contributed by atoms with Gasteiger partial charge in [-0.1, -0.05) is 35.3 Å². The molecule has 0 radical (unpaired) electrons. The van der Waals surface area contributed by atoms with Gasteiger partial charge >= 0.3 is 0 Å². The molecule has 0 heterocycles. The van der Waals surface area contributed by atoms with E-state index < -0.39 is 0 Å². The summed E-state index contributed by atoms with van der Waals surface area (Å²) >= 11 is 11.6. The van der Waals surface area contributed by atoms with E-state index in [9.17, 15) is 0 Å². The zero-order valence-electron chi connectivity index (χ0n) is 8.49. The quantitative estimate of drug-likeness (QED) is 0.778. The van der Waals surface area contributed by atoms with Crippen LogP contribution >= 0.6 is 23.2 Å². The van der Waals surface area contributed by atoms with Gasteiger partial charge in [-0.25, -0.2) is 0 Å². The molecule has 0 aliphatic carbocycles. The van der Waals surface area contributed by atoms with Crippen molar-refractivity contribution in [1.82, 2.24) is 0 Å². The molecule has 0 aliphatic rings. The van der Waals surface area contributed by atoms with Crippen molar-refractivity contribution in [2.45, 2.75) is 6.61 Å². The van der Waals surface area contributed by atoms with Crippen molar-refractivity contribution in [3.8, 4) is 5.75 Å². The van der Waals surface area contributed by atoms with Gasteiger partial charge in [-0.15, -0.1) is 0 Å². The molecular formula is C13H10Cl2O. The van der Waals surface area contributed by atoms with E-state index in [1.54, 1.807) is 12.1 Å². The Morgan fingerprint density at radius 1 is 0.750 bits per heavy atom. The molecule has 0 fully saturated rings. The van der Waals surface area contributed by atoms with E-state index in [4.69, 9.17) is 27.9 Å². The van der Waals surface area contributed by atoms with Crippen LogP contribution < -0.4 is 4.74 Å². The smallest absolute Gasteiger partial charge is 0.119 e. The van der Waals surface area contributed by atoms with Crippen LogP contribution in [-0.2, 0) is 6.61 Å². The largest absolute Gasteiger partial charge is 0.489 e. The van der Waals surface area contributed by atoms with Crippen LogP contribution in [0.25, 0.3) is 0 Å². The highest BCUT2D eigenvalue weighted by Gasteiger charge is 1.96. The van der Waals surface area contributed by atoms with E-state index in [-0.39, 0.29) is 0 Å². The number of benzene rings is 2. The second-order valence-corrected chi connectivity index (χ2v) is 4.24. The summed E-state index contributed by atoms with van der Waals surface area (Å²) in [6.45, 7) is 0.527. The van der Waals surface area contributed by atoms with Gasteiger partial charge in [0.25, 0.3) is 0 Å². The van der Waals surface area contributed by atoms with Crippen molar-refractivity contribution >= 4 is 23.2 Å². The SMILES string of the molecule is Clc1ccc(COc2ccc(Cl)cc2)cc1. The minimum Gasteiger partial charge on any atom is -0.489 e. The van der Waals surface area contributed by atoms with Crippen LogP contribution in [0.2, 0.25) is 10.0 Å². The zero-order chi connectivity index (χ0) is 11.4. The Labute approximate surface area is 105 Å². The molecule has 2 aromatic rings. The standard InChI is InChI=1S/C13H10Cl2O/c14-11-3-1-10(2-4-11)9-16-13-7-5-12(15)6-8-13/h1-8H,9H2. The molecule has 16 heavy (non-hydrogen) atoms. The van der Waals surface area contributed by atoms with Crippen molar-refractivity contribution < 1.29 is 4.74 Å². The Morgan fingerprint density at radius 2 is 1.25 bits per heavy atom. The molecule has 0 aromatic heterocycles. The van der Waals surface area contributed by atoms with Crippen molar-refractivity contribution in [2.75, 3.05) is 0 Å². The van der Waals surface area contributed by atoms with Gasteiger partial charge in [0.2, 0.25) is 0 Å². The third-order valence-electron chi connectivity index (χ3n) is 2.13. The second kappa shape index (κ2) is 5.24. The minimum absolute atomic E-state index is 0.527. The molecule has 0 bridgehead atoms. The third-order valence-corrected chi connectivity index (χ3v) is 2.64. The fourth-order valence-electron chi connectivity index (χ4n) is 1.28. The van der Waals surface area contributed by atoms with Gasteiger partial charge < -0.3 is 4.74 Å². The predicted molar refractivity (Wildman–Crippen MR) is 67.2 cm³/mol. The summed E-state index contributed by atoms with van der Waals surface area (Å²) in [4.78, 5) is 0. The molecule has 0 aliphatic heterocycles. The fraction of sp³-hybridized carbons (Fsp3) is 0.0769. The summed E-state index contributed by atoms with van der Waals surface area (Å²) < 4.78 is 5.59. The highest BCUT2D eigenvalue weighted by atomic mass is 35.5. The molecule has 0 amide bonds. The van der Waals surface area contributed by atoms with Crippen LogP contribution in [0.4, 0.5) is 0 Å². The maximum Gasteiger partial charge on any atom is 0.119 e. The fourth-order valence-corrected chi connectivity index (χ4v) is 1.53. The lowest BCUT2D eigenvalue weighted by atomic mass is 10.2. The van der Waals surface area contributed by atoms with Crippen molar-refractivity contribution in [2.24, 2.45) is 0 Å². The van der Waals surface area contributed by atoms with Crippen LogP contribution in [0.1, 0.15) is 5.56 Å². The molecule has 0 saturated heterocycles. The zero-order valence-corrected chi connectivity index (χ0v) is 10.0. The van der Waals surface area contributed by atoms with Gasteiger partial charge in [0.15, 0.2) is 0 Å². The number of ether oxygens (including phenoxy) is 1. The molecular weight excluding hydrogens is 243 g/mol. The topological polar surface area (TPSA) is 9.23 Å². The van der Waals surface area contributed by atoms with Crippen LogP contribution in [0, 0.1) is 0 Å². The molecule has 0 atom stereocenters. The number of hydrogen-bond acceptors (Lipinski definition) is 1. The van der Waals surface area contributed by atoms with Gasteiger partial charge in [-0.2, -0.15) is 0 Å². The van der Waals surface area contributed by atoms with Gasteiger partial charge in [-0.3, -0.25) is 0 Å². The Hall–Kier alpha value is -1.18. The summed E-state index contributed by atoms with van der Waals surface area (Å²) in [6, 6.07) is 14.9. The van der Waals surface area contributed by atoms with E-state index in [1.807, 2.05) is 36.4 Å². The summed E-state index contributed by atoms with van der Waals surface area (Å²) in [5, 5.41) is 1.44. The highest BCUT2D eigenvalue weighted by molar-refractivity contribution is 6.30. The van der Waals surface area contributed by atoms with E-state index in [0.29, 0.717) is 11.6 Å². The third kappa shape index (κ3) is 3.16. The predicted octanol–water partition coefficient (Wildman–Crippen LogP) is 4.57. The number of halogens is 2. The van der Waals surface area contributed by atoms with E-state index in [1.165, 1.54) is 0 Å². The lowest BCUT2D eigenvalue weighted by Gasteiger charge is -2.06. The highest BCUT2D eigenvalue weighted by Crippen LogP contribution is 2.17. The molecule has 0 N–H and O–H groups in total. The first-order valence-corrected chi connectivity index (χ1v) is 5.62. The molecule has 1 nitrogen and oxygen atoms in total. The Balaban J connectivity index is 1.97. The molecule has 2 aromatic carbocycles. The molecule has 3 heteroatoms. The summed E-state index contributed by atoms with van der Waals surface area (Å²) in [6.07, 6.45) is 0. The lowest BCUT2D eigenvalue weighted by Crippen LogP contribution is -1.94. The summed E-state index contributed by atoms with van der Waals surface area (Å²) in [5.74, 6) is 0.805. The Bertz CT molecular complexity index is 403. The molecule has 0 unspecified atom stereocenters. The Kier molecular flexibility index (Phi) is 3.70. The molecule has 0 saturated carbocycles. The summed E-state index contributed by atoms with van der Waals surface area (Å²) in [5.41, 5.74) is 1.08. The second-order valence-electron chi connectivity index (χ2n) is 3.37. The van der Waals surface area contributed by atoms with E-state index in [2.05, 4.69) is 0 Å². The van der Waals surface area contributed by atoms with Crippen LogP contribution in [-0.4, -0.2) is 0 Å². The van der Waals surface area contributed by atoms with Crippen molar-refractivity contribution in [1.29, 1.82) is 0 Å². The lowest BCUT2D eigenvalue weighted by molar-refractivity contribution is 0.306. The van der Waals surface area contributed by atoms with E-state index in [0.717, 1.165) is 16.3 Å². The monoisotopic (exact) mass is 252 g/mol. The van der Waals surface area contributed by atoms with E-state index >= 15 is 0 Å². The molecule has 2 rings (SSSR count). The maximum absolute atomic E-state index is 5.79. The van der Waals surface area contributed by atoms with Crippen molar-refractivity contribution in [3.05, 3.63) is 64.1 Å². The average Bonchev–Trinajstić information content (AvgIpc) is 2.30. The van der Waals surface area contributed by atoms with Crippen LogP contribution in [0.5, 0.6) is 5.75 Å². The van der Waals surface area contributed by atoms with Gasteiger partial charge in [-0.05, 0) is 42.0 Å². The molecule has 82 valence electrons. The van der Waals surface area contributed by atoms with Gasteiger partial charge in [0.1, 0.15) is 12.4 Å². The average molecular weight is 253 g/mol. The number of rotatable bonds is 3. The number of hydrogen-bond donors (Lipinski definition) is 0. The van der Waals surface area contributed by atoms with Crippen LogP contribution in [0.15, 0.2) is 48.5 Å². The van der Waals surface area contributed by atoms with Crippen molar-refractivity contribution in [3.63, 3.8) is 0 Å². The first-order valence-electron chi connectivity index (χ1n) is 4.87. The first-order chi connectivity index (χ1) is 7.74. The first kappa shape index (κ1) is 11.3. The van der Waals surface area contributed by atoms with Gasteiger partial charge in [0.05, 0.1) is 0 Å². The van der Waals surface area contributed by atoms with Crippen LogP contribution in [0.3, 0.4) is 0 Å². The summed E-state index contributed by atoms with van der Waals surface area (Å²) in [7, 11) is 0. The normalized spacial score (nSPS) is 10.1. The minimum atomic E-state index is 0.527. The Morgan fingerprint density at radius 3 is 1.81 bits per heavy atom. The maximum atomic E-state index is 5.79. The van der Waals surface area contributed by atoms with Gasteiger partial charge in [0, 0.05) is 10.0 Å².